The molecule has 0 aliphatic carbocycles. The van der Waals surface area contributed by atoms with Crippen LogP contribution in [0.5, 0.6) is 0 Å². The zero-order valence-electron chi connectivity index (χ0n) is 24.8. The van der Waals surface area contributed by atoms with Crippen LogP contribution in [0.15, 0.2) is 158 Å². The smallest absolute Gasteiger partial charge is 0.164 e. The molecule has 0 fully saturated rings. The number of benzene rings is 7. The highest BCUT2D eigenvalue weighted by Gasteiger charge is 2.18. The van der Waals surface area contributed by atoms with Crippen LogP contribution in [-0.2, 0) is 0 Å². The van der Waals surface area contributed by atoms with Gasteiger partial charge in [-0.1, -0.05) is 127 Å². The van der Waals surface area contributed by atoms with Crippen LogP contribution in [0.25, 0.3) is 88.5 Å². The van der Waals surface area contributed by atoms with E-state index in [1.807, 2.05) is 24.4 Å². The molecule has 46 heavy (non-hydrogen) atoms. The third kappa shape index (κ3) is 4.39. The molecule has 7 aromatic carbocycles. The van der Waals surface area contributed by atoms with Gasteiger partial charge in [-0.3, -0.25) is 4.98 Å². The van der Waals surface area contributed by atoms with Crippen LogP contribution in [0.2, 0.25) is 0 Å². The number of fused-ring (bicyclic) bond motifs is 6. The van der Waals surface area contributed by atoms with Crippen molar-refractivity contribution >= 4 is 43.1 Å². The Morgan fingerprint density at radius 1 is 0.326 bits per heavy atom. The van der Waals surface area contributed by atoms with Gasteiger partial charge in [0.1, 0.15) is 0 Å². The Labute approximate surface area is 265 Å². The Kier molecular flexibility index (Phi) is 6.10. The summed E-state index contributed by atoms with van der Waals surface area (Å²) in [6, 6.07) is 52.7. The minimum absolute atomic E-state index is 0.627. The SMILES string of the molecule is c1ccc(-c2ccc(-c3nc(-c4cc5ccccc5c5ccccc45)nc(-c4cc5ccccc5c5ccccc45)n3)cc2)nc1. The normalized spacial score (nSPS) is 11.5. The summed E-state index contributed by atoms with van der Waals surface area (Å²) in [5.41, 5.74) is 4.85. The predicted octanol–water partition coefficient (Wildman–Crippen LogP) is 10.5. The minimum atomic E-state index is 0.627. The zero-order chi connectivity index (χ0) is 30.5. The Bertz CT molecular complexity index is 2440. The standard InChI is InChI=1S/C42H26N4/c1-3-13-31-29(11-1)25-37(35-17-7-5-15-33(31)35)41-44-40(28-22-20-27(21-23-28)39-19-9-10-24-43-39)45-42(46-41)38-26-30-12-2-4-14-32(30)34-16-6-8-18-36(34)38/h1-26H. The van der Waals surface area contributed by atoms with Gasteiger partial charge in [-0.15, -0.1) is 0 Å². The van der Waals surface area contributed by atoms with Gasteiger partial charge in [0.25, 0.3) is 0 Å². The summed E-state index contributed by atoms with van der Waals surface area (Å²) in [7, 11) is 0. The molecule has 0 N–H and O–H groups in total. The predicted molar refractivity (Wildman–Crippen MR) is 189 cm³/mol. The third-order valence-corrected chi connectivity index (χ3v) is 8.76. The van der Waals surface area contributed by atoms with E-state index in [9.17, 15) is 0 Å². The van der Waals surface area contributed by atoms with Crippen LogP contribution in [0.1, 0.15) is 0 Å². The average Bonchev–Trinajstić information content (AvgIpc) is 3.14. The lowest BCUT2D eigenvalue weighted by Gasteiger charge is -2.14. The summed E-state index contributed by atoms with van der Waals surface area (Å²) in [4.78, 5) is 20.1. The van der Waals surface area contributed by atoms with Crippen LogP contribution in [0.4, 0.5) is 0 Å². The van der Waals surface area contributed by atoms with Crippen molar-refractivity contribution in [3.63, 3.8) is 0 Å². The molecule has 0 bridgehead atoms. The Hall–Kier alpha value is -6.26. The largest absolute Gasteiger partial charge is 0.256 e. The molecule has 0 aliphatic heterocycles. The third-order valence-electron chi connectivity index (χ3n) is 8.76. The molecule has 9 rings (SSSR count). The summed E-state index contributed by atoms with van der Waals surface area (Å²) < 4.78 is 0. The summed E-state index contributed by atoms with van der Waals surface area (Å²) in [6.07, 6.45) is 1.82. The van der Waals surface area contributed by atoms with Crippen molar-refractivity contribution in [2.24, 2.45) is 0 Å². The quantitative estimate of drug-likeness (QED) is 0.193. The minimum Gasteiger partial charge on any atom is -0.256 e. The summed E-state index contributed by atoms with van der Waals surface area (Å²) >= 11 is 0. The molecule has 0 saturated carbocycles. The van der Waals surface area contributed by atoms with E-state index in [-0.39, 0.29) is 0 Å². The molecule has 0 spiro atoms. The van der Waals surface area contributed by atoms with Gasteiger partial charge in [0.05, 0.1) is 5.69 Å². The fraction of sp³-hybridized carbons (Fsp3) is 0. The van der Waals surface area contributed by atoms with Crippen LogP contribution in [0.3, 0.4) is 0 Å². The monoisotopic (exact) mass is 586 g/mol. The molecule has 0 saturated heterocycles. The van der Waals surface area contributed by atoms with E-state index in [1.165, 1.54) is 21.5 Å². The van der Waals surface area contributed by atoms with E-state index >= 15 is 0 Å². The molecule has 214 valence electrons. The maximum atomic E-state index is 5.25. The van der Waals surface area contributed by atoms with Crippen molar-refractivity contribution in [1.29, 1.82) is 0 Å². The highest BCUT2D eigenvalue weighted by atomic mass is 15.0. The van der Waals surface area contributed by atoms with Gasteiger partial charge in [-0.05, 0) is 67.4 Å². The van der Waals surface area contributed by atoms with Gasteiger partial charge in [-0.2, -0.15) is 0 Å². The molecule has 4 nitrogen and oxygen atoms in total. The second kappa shape index (κ2) is 10.7. The first kappa shape index (κ1) is 26.2. The van der Waals surface area contributed by atoms with Gasteiger partial charge < -0.3 is 0 Å². The number of hydrogen-bond donors (Lipinski definition) is 0. The van der Waals surface area contributed by atoms with E-state index in [0.29, 0.717) is 17.5 Å². The maximum Gasteiger partial charge on any atom is 0.164 e. The van der Waals surface area contributed by atoms with Gasteiger partial charge in [0.2, 0.25) is 0 Å². The maximum absolute atomic E-state index is 5.25. The molecular weight excluding hydrogens is 560 g/mol. The van der Waals surface area contributed by atoms with Crippen LogP contribution in [0, 0.1) is 0 Å². The van der Waals surface area contributed by atoms with Crippen molar-refractivity contribution in [1.82, 2.24) is 19.9 Å². The lowest BCUT2D eigenvalue weighted by Crippen LogP contribution is -2.01. The summed E-state index contributed by atoms with van der Waals surface area (Å²) in [5, 5.41) is 9.29. The van der Waals surface area contributed by atoms with Gasteiger partial charge in [0, 0.05) is 28.5 Å². The van der Waals surface area contributed by atoms with Crippen molar-refractivity contribution < 1.29 is 0 Å². The summed E-state index contributed by atoms with van der Waals surface area (Å²) in [6.45, 7) is 0. The van der Waals surface area contributed by atoms with Gasteiger partial charge >= 0.3 is 0 Å². The van der Waals surface area contributed by atoms with E-state index < -0.39 is 0 Å². The molecule has 0 unspecified atom stereocenters. The first-order chi connectivity index (χ1) is 22.8. The molecular formula is C42H26N4. The molecule has 0 aliphatic rings. The number of nitrogens with zero attached hydrogens (tertiary/aromatic N) is 4. The van der Waals surface area contributed by atoms with E-state index in [1.54, 1.807) is 0 Å². The zero-order valence-corrected chi connectivity index (χ0v) is 24.8. The average molecular weight is 587 g/mol. The number of pyridine rings is 1. The molecule has 0 amide bonds. The van der Waals surface area contributed by atoms with Crippen LogP contribution in [-0.4, -0.2) is 19.9 Å². The highest BCUT2D eigenvalue weighted by molar-refractivity contribution is 6.14. The van der Waals surface area contributed by atoms with Crippen molar-refractivity contribution in [2.45, 2.75) is 0 Å². The Balaban J connectivity index is 1.32. The first-order valence-electron chi connectivity index (χ1n) is 15.4. The van der Waals surface area contributed by atoms with Crippen LogP contribution >= 0.6 is 0 Å². The molecule has 2 aromatic heterocycles. The number of hydrogen-bond acceptors (Lipinski definition) is 4. The molecule has 2 heterocycles. The van der Waals surface area contributed by atoms with Crippen molar-refractivity contribution in [3.05, 3.63) is 158 Å². The lowest BCUT2D eigenvalue weighted by molar-refractivity contribution is 1.08. The second-order valence-corrected chi connectivity index (χ2v) is 11.5. The van der Waals surface area contributed by atoms with Gasteiger partial charge in [-0.25, -0.2) is 15.0 Å². The molecule has 0 radical (unpaired) electrons. The number of aromatic nitrogens is 4. The highest BCUT2D eigenvalue weighted by Crippen LogP contribution is 2.37. The van der Waals surface area contributed by atoms with Crippen LogP contribution < -0.4 is 0 Å². The number of rotatable bonds is 4. The topological polar surface area (TPSA) is 51.6 Å². The van der Waals surface area contributed by atoms with E-state index in [4.69, 9.17) is 15.0 Å². The van der Waals surface area contributed by atoms with E-state index in [0.717, 1.165) is 49.5 Å². The Morgan fingerprint density at radius 2 is 0.761 bits per heavy atom. The summed E-state index contributed by atoms with van der Waals surface area (Å²) in [5.74, 6) is 1.92. The second-order valence-electron chi connectivity index (χ2n) is 11.5. The molecule has 0 atom stereocenters. The fourth-order valence-electron chi connectivity index (χ4n) is 6.55. The molecule has 9 aromatic rings. The lowest BCUT2D eigenvalue weighted by atomic mass is 9.96. The van der Waals surface area contributed by atoms with Gasteiger partial charge in [0.15, 0.2) is 17.5 Å². The Morgan fingerprint density at radius 3 is 1.28 bits per heavy atom. The van der Waals surface area contributed by atoms with Crippen molar-refractivity contribution in [3.8, 4) is 45.4 Å². The first-order valence-corrected chi connectivity index (χ1v) is 15.4. The van der Waals surface area contributed by atoms with Crippen molar-refractivity contribution in [2.75, 3.05) is 0 Å². The molecule has 4 heteroatoms. The fourth-order valence-corrected chi connectivity index (χ4v) is 6.55. The van der Waals surface area contributed by atoms with E-state index in [2.05, 4.69) is 138 Å².